The van der Waals surface area contributed by atoms with Gasteiger partial charge in [-0.15, -0.1) is 0 Å². The first kappa shape index (κ1) is 12.3. The van der Waals surface area contributed by atoms with Gasteiger partial charge in [-0.1, -0.05) is 17.7 Å². The molecule has 0 nitrogen and oxygen atoms in total. The molecule has 6 heteroatoms. The summed E-state index contributed by atoms with van der Waals surface area (Å²) in [6.07, 6.45) is -3.14. The molecule has 0 saturated carbocycles. The Kier molecular flexibility index (Phi) is 3.88. The van der Waals surface area contributed by atoms with E-state index in [2.05, 4.69) is 31.9 Å². The van der Waals surface area contributed by atoms with E-state index < -0.39 is 11.0 Å². The van der Waals surface area contributed by atoms with Gasteiger partial charge in [0, 0.05) is 10.0 Å². The third-order valence-electron chi connectivity index (χ3n) is 1.58. The molecule has 0 fully saturated rings. The molecular weight excluding hydrogens is 348 g/mol. The van der Waals surface area contributed by atoms with Gasteiger partial charge in [-0.3, -0.25) is 0 Å². The lowest BCUT2D eigenvalue weighted by molar-refractivity contribution is 0.0301. The summed E-state index contributed by atoms with van der Waals surface area (Å²) >= 11 is 11.0. The first-order chi connectivity index (χ1) is 6.35. The summed E-state index contributed by atoms with van der Waals surface area (Å²) in [4.78, 5) is 0. The van der Waals surface area contributed by atoms with Crippen LogP contribution in [0.2, 0.25) is 5.02 Å². The van der Waals surface area contributed by atoms with Gasteiger partial charge < -0.3 is 0 Å². The summed E-state index contributed by atoms with van der Waals surface area (Å²) in [6.45, 7) is 0. The molecule has 0 N–H and O–H groups in total. The minimum absolute atomic E-state index is 0.177. The van der Waals surface area contributed by atoms with E-state index in [-0.39, 0.29) is 5.56 Å². The van der Waals surface area contributed by atoms with Crippen molar-refractivity contribution in [3.63, 3.8) is 0 Å². The summed E-state index contributed by atoms with van der Waals surface area (Å²) in [5.74, 6) is 0. The van der Waals surface area contributed by atoms with Gasteiger partial charge >= 0.3 is 0 Å². The minimum Gasteiger partial charge on any atom is -0.220 e. The quantitative estimate of drug-likeness (QED) is 0.665. The maximum Gasteiger partial charge on any atom is 0.286 e. The second-order valence-corrected chi connectivity index (χ2v) is 4.97. The van der Waals surface area contributed by atoms with Gasteiger partial charge in [-0.2, -0.15) is 0 Å². The summed E-state index contributed by atoms with van der Waals surface area (Å²) in [5, 5.41) is 0.339. The van der Waals surface area contributed by atoms with Crippen LogP contribution < -0.4 is 0 Å². The second-order valence-electron chi connectivity index (χ2n) is 2.55. The van der Waals surface area contributed by atoms with Gasteiger partial charge in [0.2, 0.25) is 4.58 Å². The highest BCUT2D eigenvalue weighted by Crippen LogP contribution is 2.40. The third-order valence-corrected chi connectivity index (χ3v) is 3.60. The Bertz CT molecular complexity index is 341. The van der Waals surface area contributed by atoms with Crippen molar-refractivity contribution in [2.45, 2.75) is 11.0 Å². The predicted octanol–water partition coefficient (Wildman–Crippen LogP) is 4.88. The van der Waals surface area contributed by atoms with Gasteiger partial charge in [0.25, 0.3) is 6.43 Å². The lowest BCUT2D eigenvalue weighted by Gasteiger charge is -2.17. The second kappa shape index (κ2) is 4.41. The molecule has 78 valence electrons. The summed E-state index contributed by atoms with van der Waals surface area (Å²) < 4.78 is 35.4. The van der Waals surface area contributed by atoms with Crippen LogP contribution >= 0.6 is 43.5 Å². The molecule has 0 saturated heterocycles. The Hall–Kier alpha value is 0.260. The first-order valence-electron chi connectivity index (χ1n) is 3.47. The number of hydrogen-bond acceptors (Lipinski definition) is 0. The van der Waals surface area contributed by atoms with Crippen molar-refractivity contribution in [3.05, 3.63) is 33.3 Å². The molecule has 0 amide bonds. The van der Waals surface area contributed by atoms with Crippen LogP contribution in [0.4, 0.5) is 13.2 Å². The van der Waals surface area contributed by atoms with Crippen molar-refractivity contribution < 1.29 is 13.2 Å². The van der Waals surface area contributed by atoms with E-state index >= 15 is 0 Å². The number of halogens is 6. The smallest absolute Gasteiger partial charge is 0.220 e. The molecule has 1 aromatic carbocycles. The average molecular weight is 352 g/mol. The summed E-state index contributed by atoms with van der Waals surface area (Å²) in [5.41, 5.74) is -0.177. The van der Waals surface area contributed by atoms with E-state index in [0.29, 0.717) is 9.50 Å². The normalized spacial score (nSPS) is 15.6. The Balaban J connectivity index is 3.14. The van der Waals surface area contributed by atoms with Crippen molar-refractivity contribution >= 4 is 43.5 Å². The van der Waals surface area contributed by atoms with E-state index in [1.807, 2.05) is 0 Å². The number of hydrogen-bond donors (Lipinski definition) is 0. The van der Waals surface area contributed by atoms with Crippen LogP contribution in [0.25, 0.3) is 0 Å². The average Bonchev–Trinajstić information content (AvgIpc) is 2.09. The van der Waals surface area contributed by atoms with Crippen molar-refractivity contribution in [3.8, 4) is 0 Å². The van der Waals surface area contributed by atoms with Gasteiger partial charge in [-0.05, 0) is 44.0 Å². The molecule has 1 aromatic rings. The zero-order chi connectivity index (χ0) is 10.9. The molecule has 0 aromatic heterocycles. The number of benzene rings is 1. The fraction of sp³-hybridized carbons (Fsp3) is 0.250. The standard InChI is InChI=1S/C8H4Br2ClF3/c9-5-3-4(1-2-6(5)11)8(10,14)7(12)13/h1-3,7H. The number of rotatable bonds is 2. The van der Waals surface area contributed by atoms with Crippen molar-refractivity contribution in [2.75, 3.05) is 0 Å². The third kappa shape index (κ3) is 2.44. The van der Waals surface area contributed by atoms with Gasteiger partial charge in [0.05, 0.1) is 5.02 Å². The van der Waals surface area contributed by atoms with Gasteiger partial charge in [0.15, 0.2) is 0 Å². The Morgan fingerprint density at radius 1 is 1.36 bits per heavy atom. The molecule has 1 unspecified atom stereocenters. The summed E-state index contributed by atoms with van der Waals surface area (Å²) in [6, 6.07) is 3.76. The zero-order valence-electron chi connectivity index (χ0n) is 6.58. The highest BCUT2D eigenvalue weighted by molar-refractivity contribution is 9.10. The first-order valence-corrected chi connectivity index (χ1v) is 5.43. The predicted molar refractivity (Wildman–Crippen MR) is 56.9 cm³/mol. The van der Waals surface area contributed by atoms with Crippen LogP contribution in [0.1, 0.15) is 5.56 Å². The highest BCUT2D eigenvalue weighted by atomic mass is 79.9. The highest BCUT2D eigenvalue weighted by Gasteiger charge is 2.39. The fourth-order valence-corrected chi connectivity index (χ4v) is 1.57. The summed E-state index contributed by atoms with van der Waals surface area (Å²) in [7, 11) is 0. The molecule has 0 aliphatic heterocycles. The zero-order valence-corrected chi connectivity index (χ0v) is 10.5. The Morgan fingerprint density at radius 2 is 1.93 bits per heavy atom. The van der Waals surface area contributed by atoms with Crippen LogP contribution in [-0.2, 0) is 4.58 Å². The van der Waals surface area contributed by atoms with Crippen LogP contribution in [0, 0.1) is 0 Å². The maximum absolute atomic E-state index is 13.4. The van der Waals surface area contributed by atoms with E-state index in [4.69, 9.17) is 11.6 Å². The van der Waals surface area contributed by atoms with Crippen molar-refractivity contribution in [1.82, 2.24) is 0 Å². The Morgan fingerprint density at radius 3 is 2.36 bits per heavy atom. The van der Waals surface area contributed by atoms with Gasteiger partial charge in [0.1, 0.15) is 0 Å². The molecule has 0 heterocycles. The molecule has 0 spiro atoms. The maximum atomic E-state index is 13.4. The minimum atomic E-state index is -3.14. The lowest BCUT2D eigenvalue weighted by atomic mass is 10.1. The van der Waals surface area contributed by atoms with Crippen LogP contribution in [-0.4, -0.2) is 6.43 Å². The fourth-order valence-electron chi connectivity index (χ4n) is 0.829. The van der Waals surface area contributed by atoms with E-state index in [9.17, 15) is 13.2 Å². The van der Waals surface area contributed by atoms with E-state index in [0.717, 1.165) is 0 Å². The Labute approximate surface area is 101 Å². The topological polar surface area (TPSA) is 0 Å². The molecular formula is C8H4Br2ClF3. The van der Waals surface area contributed by atoms with Crippen LogP contribution in [0.5, 0.6) is 0 Å². The monoisotopic (exact) mass is 350 g/mol. The molecule has 0 bridgehead atoms. The van der Waals surface area contributed by atoms with E-state index in [1.54, 1.807) is 0 Å². The lowest BCUT2D eigenvalue weighted by Crippen LogP contribution is -2.21. The molecule has 14 heavy (non-hydrogen) atoms. The largest absolute Gasteiger partial charge is 0.286 e. The molecule has 0 aliphatic rings. The van der Waals surface area contributed by atoms with E-state index in [1.165, 1.54) is 18.2 Å². The van der Waals surface area contributed by atoms with Crippen LogP contribution in [0.3, 0.4) is 0 Å². The SMILES string of the molecule is FC(F)C(F)(Br)c1ccc(Cl)c(Br)c1. The molecule has 0 radical (unpaired) electrons. The number of alkyl halides is 4. The molecule has 1 rings (SSSR count). The molecule has 1 atom stereocenters. The van der Waals surface area contributed by atoms with Crippen molar-refractivity contribution in [1.29, 1.82) is 0 Å². The van der Waals surface area contributed by atoms with Crippen molar-refractivity contribution in [2.24, 2.45) is 0 Å². The van der Waals surface area contributed by atoms with Crippen LogP contribution in [0.15, 0.2) is 22.7 Å². The molecule has 0 aliphatic carbocycles. The van der Waals surface area contributed by atoms with Gasteiger partial charge in [-0.25, -0.2) is 13.2 Å².